The van der Waals surface area contributed by atoms with Crippen LogP contribution in [-0.2, 0) is 14.3 Å². The van der Waals surface area contributed by atoms with Crippen LogP contribution in [0.2, 0.25) is 0 Å². The highest BCUT2D eigenvalue weighted by atomic mass is 32.2. The van der Waals surface area contributed by atoms with E-state index in [2.05, 4.69) is 4.18 Å². The van der Waals surface area contributed by atoms with Crippen molar-refractivity contribution in [3.63, 3.8) is 0 Å². The van der Waals surface area contributed by atoms with Crippen molar-refractivity contribution in [1.29, 1.82) is 0 Å². The van der Waals surface area contributed by atoms with Gasteiger partial charge < -0.3 is 0 Å². The zero-order chi connectivity index (χ0) is 7.71. The van der Waals surface area contributed by atoms with Gasteiger partial charge in [-0.1, -0.05) is 0 Å². The molecule has 0 spiro atoms. The Kier molecular flexibility index (Phi) is 2.13. The Morgan fingerprint density at radius 1 is 1.44 bits per heavy atom. The maximum Gasteiger partial charge on any atom is 0.367 e. The second kappa shape index (κ2) is 2.18. The van der Waals surface area contributed by atoms with Gasteiger partial charge in [0.25, 0.3) is 0 Å². The molecule has 0 aromatic heterocycles. The number of rotatable bonds is 2. The van der Waals surface area contributed by atoms with Gasteiger partial charge >= 0.3 is 15.4 Å². The van der Waals surface area contributed by atoms with Crippen LogP contribution in [0.3, 0.4) is 0 Å². The van der Waals surface area contributed by atoms with Crippen molar-refractivity contribution < 1.29 is 21.4 Å². The van der Waals surface area contributed by atoms with Crippen LogP contribution in [0.4, 0.5) is 8.78 Å². The molecule has 0 aliphatic carbocycles. The van der Waals surface area contributed by atoms with Gasteiger partial charge in [0, 0.05) is 6.92 Å². The summed E-state index contributed by atoms with van der Waals surface area (Å²) >= 11 is 0. The van der Waals surface area contributed by atoms with Crippen LogP contribution < -0.4 is 0 Å². The molecule has 0 aromatic rings. The van der Waals surface area contributed by atoms with Gasteiger partial charge in [0.2, 0.25) is 0 Å². The molecule has 0 radical (unpaired) electrons. The van der Waals surface area contributed by atoms with Gasteiger partial charge in [-0.3, -0.25) is 4.18 Å². The van der Waals surface area contributed by atoms with E-state index >= 15 is 0 Å². The summed E-state index contributed by atoms with van der Waals surface area (Å²) in [5, 5.41) is -3.80. The van der Waals surface area contributed by atoms with Crippen LogP contribution in [0.5, 0.6) is 0 Å². The molecule has 56 valence electrons. The van der Waals surface area contributed by atoms with Crippen LogP contribution in [0.15, 0.2) is 0 Å². The fraction of sp³-hybridized carbons (Fsp3) is 1.00. The van der Waals surface area contributed by atoms with Gasteiger partial charge in [-0.15, -0.1) is 0 Å². The molecular weight excluding hydrogens is 154 g/mol. The van der Waals surface area contributed by atoms with Gasteiger partial charge in [0.1, 0.15) is 0 Å². The lowest BCUT2D eigenvalue weighted by Crippen LogP contribution is -2.25. The van der Waals surface area contributed by atoms with Crippen LogP contribution in [0.25, 0.3) is 0 Å². The Bertz CT molecular complexity index is 178. The summed E-state index contributed by atoms with van der Waals surface area (Å²) in [6.07, 6.45) is 0. The highest BCUT2D eigenvalue weighted by Gasteiger charge is 2.39. The lowest BCUT2D eigenvalue weighted by atomic mass is 10.9. The van der Waals surface area contributed by atoms with Crippen molar-refractivity contribution in [2.75, 3.05) is 7.11 Å². The van der Waals surface area contributed by atoms with Crippen molar-refractivity contribution in [2.45, 2.75) is 12.2 Å². The monoisotopic (exact) mass is 160 g/mol. The molecule has 0 aromatic carbocycles. The summed E-state index contributed by atoms with van der Waals surface area (Å²) in [6.45, 7) is 0.256. The quantitative estimate of drug-likeness (QED) is 0.555. The Morgan fingerprint density at radius 2 is 1.78 bits per heavy atom. The predicted octanol–water partition coefficient (Wildman–Crippen LogP) is 0.575. The van der Waals surface area contributed by atoms with E-state index in [0.29, 0.717) is 7.11 Å². The number of halogens is 2. The molecule has 0 heterocycles. The average molecular weight is 160 g/mol. The summed E-state index contributed by atoms with van der Waals surface area (Å²) < 4.78 is 47.2. The minimum Gasteiger partial charge on any atom is -0.269 e. The standard InChI is InChI=1S/C3H6F2O3S/c1-3(4,5)9(6,7)8-2/h1-2H3. The fourth-order valence-corrected chi connectivity index (χ4v) is 0.439. The number of alkyl halides is 2. The molecule has 0 N–H and O–H groups in total. The maximum atomic E-state index is 11.8. The minimum atomic E-state index is -4.67. The van der Waals surface area contributed by atoms with Gasteiger partial charge in [0.15, 0.2) is 0 Å². The predicted molar refractivity (Wildman–Crippen MR) is 26.5 cm³/mol. The van der Waals surface area contributed by atoms with E-state index < -0.39 is 15.4 Å². The van der Waals surface area contributed by atoms with Crippen LogP contribution in [0, 0.1) is 0 Å². The third kappa shape index (κ3) is 1.87. The molecule has 0 amide bonds. The molecule has 3 nitrogen and oxygen atoms in total. The molecule has 0 bridgehead atoms. The normalized spacial score (nSPS) is 13.8. The fourth-order valence-electron chi connectivity index (χ4n) is 0.146. The molecule has 0 saturated carbocycles. The lowest BCUT2D eigenvalue weighted by molar-refractivity contribution is 0.0979. The van der Waals surface area contributed by atoms with Crippen molar-refractivity contribution in [2.24, 2.45) is 0 Å². The van der Waals surface area contributed by atoms with Crippen molar-refractivity contribution in [3.05, 3.63) is 0 Å². The molecule has 0 aliphatic rings. The topological polar surface area (TPSA) is 43.4 Å². The maximum absolute atomic E-state index is 11.8. The van der Waals surface area contributed by atoms with Crippen LogP contribution in [-0.4, -0.2) is 20.8 Å². The Labute approximate surface area is 51.7 Å². The first-order valence-electron chi connectivity index (χ1n) is 1.99. The van der Waals surface area contributed by atoms with Crippen LogP contribution >= 0.6 is 0 Å². The summed E-state index contributed by atoms with van der Waals surface area (Å²) in [6, 6.07) is 0. The molecule has 0 fully saturated rings. The minimum absolute atomic E-state index is 0.256. The first-order chi connectivity index (χ1) is 3.81. The van der Waals surface area contributed by atoms with Gasteiger partial charge in [-0.25, -0.2) is 0 Å². The molecule has 9 heavy (non-hydrogen) atoms. The Balaban J connectivity index is 4.57. The van der Waals surface area contributed by atoms with Crippen molar-refractivity contribution >= 4 is 10.1 Å². The van der Waals surface area contributed by atoms with Crippen LogP contribution in [0.1, 0.15) is 6.92 Å². The van der Waals surface area contributed by atoms with E-state index in [-0.39, 0.29) is 6.92 Å². The first-order valence-corrected chi connectivity index (χ1v) is 3.40. The summed E-state index contributed by atoms with van der Waals surface area (Å²) in [5.74, 6) is 0. The van der Waals surface area contributed by atoms with E-state index in [0.717, 1.165) is 0 Å². The Hall–Kier alpha value is -0.230. The third-order valence-corrected chi connectivity index (χ3v) is 1.98. The smallest absolute Gasteiger partial charge is 0.269 e. The molecule has 0 saturated heterocycles. The number of hydrogen-bond acceptors (Lipinski definition) is 3. The molecule has 0 aliphatic heterocycles. The summed E-state index contributed by atoms with van der Waals surface area (Å²) in [7, 11) is -3.98. The lowest BCUT2D eigenvalue weighted by Gasteiger charge is -2.07. The number of hydrogen-bond donors (Lipinski definition) is 0. The highest BCUT2D eigenvalue weighted by molar-refractivity contribution is 7.87. The van der Waals surface area contributed by atoms with E-state index in [9.17, 15) is 17.2 Å². The van der Waals surface area contributed by atoms with Gasteiger partial charge in [-0.2, -0.15) is 17.2 Å². The van der Waals surface area contributed by atoms with Gasteiger partial charge in [0.05, 0.1) is 7.11 Å². The average Bonchev–Trinajstić information content (AvgIpc) is 1.64. The van der Waals surface area contributed by atoms with E-state index in [1.165, 1.54) is 0 Å². The second-order valence-electron chi connectivity index (χ2n) is 1.43. The zero-order valence-electron chi connectivity index (χ0n) is 4.89. The van der Waals surface area contributed by atoms with E-state index in [1.54, 1.807) is 0 Å². The molecule has 0 atom stereocenters. The van der Waals surface area contributed by atoms with Gasteiger partial charge in [-0.05, 0) is 0 Å². The SMILES string of the molecule is COS(=O)(=O)C(C)(F)F. The zero-order valence-corrected chi connectivity index (χ0v) is 5.71. The molecule has 0 rings (SSSR count). The Morgan fingerprint density at radius 3 is 1.78 bits per heavy atom. The molecular formula is C3H6F2O3S. The van der Waals surface area contributed by atoms with Crippen molar-refractivity contribution in [3.8, 4) is 0 Å². The van der Waals surface area contributed by atoms with Crippen molar-refractivity contribution in [1.82, 2.24) is 0 Å². The highest BCUT2D eigenvalue weighted by Crippen LogP contribution is 2.20. The van der Waals surface area contributed by atoms with E-state index in [4.69, 9.17) is 0 Å². The largest absolute Gasteiger partial charge is 0.367 e. The summed E-state index contributed by atoms with van der Waals surface area (Å²) in [4.78, 5) is 0. The third-order valence-electron chi connectivity index (χ3n) is 0.658. The molecule has 6 heteroatoms. The second-order valence-corrected chi connectivity index (χ2v) is 3.39. The summed E-state index contributed by atoms with van der Waals surface area (Å²) in [5.41, 5.74) is 0. The van der Waals surface area contributed by atoms with E-state index in [1.807, 2.05) is 0 Å². The molecule has 0 unspecified atom stereocenters. The first kappa shape index (κ1) is 8.77.